The van der Waals surface area contributed by atoms with Crippen LogP contribution >= 0.6 is 34.8 Å². The van der Waals surface area contributed by atoms with E-state index in [1.54, 1.807) is 4.98 Å². The predicted octanol–water partition coefficient (Wildman–Crippen LogP) is 3.35. The third-order valence-electron chi connectivity index (χ3n) is 1.33. The maximum Gasteiger partial charge on any atom is 0.432 e. The van der Waals surface area contributed by atoms with E-state index < -0.39 is 32.5 Å². The largest absolute Gasteiger partial charge is 0.432 e. The lowest BCUT2D eigenvalue weighted by atomic mass is 10.3. The van der Waals surface area contributed by atoms with E-state index in [0.29, 0.717) is 0 Å². The molecule has 78 valence electrons. The molecule has 0 aromatic carbocycles. The fraction of sp³-hybridized carbons (Fsp3) is 0.167. The van der Waals surface area contributed by atoms with Crippen LogP contribution in [0.2, 0.25) is 15.2 Å². The van der Waals surface area contributed by atoms with Crippen LogP contribution in [0, 0.1) is 0 Å². The molecule has 8 heteroatoms. The van der Waals surface area contributed by atoms with Gasteiger partial charge in [0.1, 0.15) is 20.9 Å². The highest BCUT2D eigenvalue weighted by molar-refractivity contribution is 6.42. The molecule has 0 aliphatic carbocycles. The summed E-state index contributed by atoms with van der Waals surface area (Å²) in [4.78, 5) is 12.7. The average Bonchev–Trinajstić information content (AvgIpc) is 2.06. The van der Waals surface area contributed by atoms with Gasteiger partial charge in [0.2, 0.25) is 5.43 Å². The summed E-state index contributed by atoms with van der Waals surface area (Å²) in [5.41, 5.74) is -2.55. The van der Waals surface area contributed by atoms with Crippen LogP contribution in [-0.4, -0.2) is 4.98 Å². The Morgan fingerprint density at radius 2 is 1.57 bits per heavy atom. The Labute approximate surface area is 90.6 Å². The maximum absolute atomic E-state index is 12.2. The molecule has 0 atom stereocenters. The number of alkyl halides is 3. The summed E-state index contributed by atoms with van der Waals surface area (Å²) in [5.74, 6) is 0. The van der Waals surface area contributed by atoms with Gasteiger partial charge in [-0.05, 0) is 0 Å². The van der Waals surface area contributed by atoms with Gasteiger partial charge in [-0.1, -0.05) is 34.8 Å². The summed E-state index contributed by atoms with van der Waals surface area (Å²) in [5, 5.41) is -2.18. The SMILES string of the molecule is O=c1c(Cl)c(Cl)[nH]c(C(F)(F)F)c1Cl. The van der Waals surface area contributed by atoms with E-state index in [1.807, 2.05) is 0 Å². The van der Waals surface area contributed by atoms with Crippen LogP contribution in [-0.2, 0) is 6.18 Å². The monoisotopic (exact) mass is 265 g/mol. The highest BCUT2D eigenvalue weighted by Gasteiger charge is 2.36. The van der Waals surface area contributed by atoms with Crippen molar-refractivity contribution in [2.75, 3.05) is 0 Å². The normalized spacial score (nSPS) is 11.9. The molecule has 0 amide bonds. The summed E-state index contributed by atoms with van der Waals surface area (Å²) < 4.78 is 36.6. The van der Waals surface area contributed by atoms with Crippen molar-refractivity contribution in [3.63, 3.8) is 0 Å². The lowest BCUT2D eigenvalue weighted by Gasteiger charge is -2.09. The number of H-pyrrole nitrogens is 1. The second-order valence-corrected chi connectivity index (χ2v) is 3.40. The number of pyridine rings is 1. The molecule has 0 unspecified atom stereocenters. The van der Waals surface area contributed by atoms with Crippen molar-refractivity contribution < 1.29 is 13.2 Å². The third-order valence-corrected chi connectivity index (χ3v) is 2.43. The first-order valence-electron chi connectivity index (χ1n) is 3.09. The van der Waals surface area contributed by atoms with Gasteiger partial charge in [-0.15, -0.1) is 0 Å². The highest BCUT2D eigenvalue weighted by atomic mass is 35.5. The predicted molar refractivity (Wildman–Crippen MR) is 47.1 cm³/mol. The van der Waals surface area contributed by atoms with Crippen LogP contribution in [0.5, 0.6) is 0 Å². The Balaban J connectivity index is 3.58. The van der Waals surface area contributed by atoms with Gasteiger partial charge < -0.3 is 4.98 Å². The zero-order valence-electron chi connectivity index (χ0n) is 6.18. The number of hydrogen-bond acceptors (Lipinski definition) is 1. The molecule has 1 heterocycles. The minimum atomic E-state index is -4.77. The zero-order chi connectivity index (χ0) is 11.1. The van der Waals surface area contributed by atoms with Gasteiger partial charge in [0.15, 0.2) is 0 Å². The summed E-state index contributed by atoms with van der Waals surface area (Å²) in [6.45, 7) is 0. The molecule has 0 saturated carbocycles. The first kappa shape index (κ1) is 11.7. The first-order chi connectivity index (χ1) is 6.25. The molecule has 1 N–H and O–H groups in total. The number of aromatic nitrogens is 1. The molecule has 2 nitrogen and oxygen atoms in total. The van der Waals surface area contributed by atoms with Crippen LogP contribution in [0.3, 0.4) is 0 Å². The average molecular weight is 266 g/mol. The lowest BCUT2D eigenvalue weighted by molar-refractivity contribution is -0.141. The van der Waals surface area contributed by atoms with Crippen molar-refractivity contribution in [1.82, 2.24) is 4.98 Å². The smallest absolute Gasteiger partial charge is 0.339 e. The van der Waals surface area contributed by atoms with E-state index in [-0.39, 0.29) is 0 Å². The Morgan fingerprint density at radius 1 is 1.07 bits per heavy atom. The van der Waals surface area contributed by atoms with Crippen LogP contribution < -0.4 is 5.43 Å². The third kappa shape index (κ3) is 1.99. The molecule has 0 fully saturated rings. The molecular weight excluding hydrogens is 265 g/mol. The Kier molecular flexibility index (Phi) is 3.04. The summed E-state index contributed by atoms with van der Waals surface area (Å²) in [7, 11) is 0. The van der Waals surface area contributed by atoms with E-state index in [0.717, 1.165) is 0 Å². The van der Waals surface area contributed by atoms with Crippen molar-refractivity contribution in [2.24, 2.45) is 0 Å². The van der Waals surface area contributed by atoms with Gasteiger partial charge in [-0.3, -0.25) is 4.79 Å². The standard InChI is InChI=1S/C6HCl3F3NO/c7-1-3(14)2(8)5(9)13-4(1)6(10,11)12/h(H,13,14). The van der Waals surface area contributed by atoms with Crippen molar-refractivity contribution in [2.45, 2.75) is 6.18 Å². The molecule has 0 bridgehead atoms. The second-order valence-electron chi connectivity index (χ2n) is 2.27. The van der Waals surface area contributed by atoms with Gasteiger partial charge in [0.05, 0.1) is 0 Å². The Bertz CT molecular complexity index is 426. The fourth-order valence-corrected chi connectivity index (χ4v) is 1.34. The van der Waals surface area contributed by atoms with E-state index in [4.69, 9.17) is 34.8 Å². The number of aromatic amines is 1. The number of halogens is 6. The molecule has 0 saturated heterocycles. The van der Waals surface area contributed by atoms with Crippen LogP contribution in [0.15, 0.2) is 4.79 Å². The summed E-state index contributed by atoms with van der Waals surface area (Å²) in [6.07, 6.45) is -4.77. The maximum atomic E-state index is 12.2. The molecule has 0 aliphatic rings. The molecule has 1 rings (SSSR count). The molecule has 0 aliphatic heterocycles. The van der Waals surface area contributed by atoms with E-state index in [1.165, 1.54) is 0 Å². The number of rotatable bonds is 0. The molecular formula is C6HCl3F3NO. The molecule has 0 spiro atoms. The number of hydrogen-bond donors (Lipinski definition) is 1. The summed E-state index contributed by atoms with van der Waals surface area (Å²) >= 11 is 15.7. The van der Waals surface area contributed by atoms with Crippen LogP contribution in [0.25, 0.3) is 0 Å². The fourth-order valence-electron chi connectivity index (χ4n) is 0.724. The van der Waals surface area contributed by atoms with Crippen molar-refractivity contribution in [3.05, 3.63) is 31.1 Å². The van der Waals surface area contributed by atoms with Gasteiger partial charge in [0, 0.05) is 0 Å². The topological polar surface area (TPSA) is 32.9 Å². The van der Waals surface area contributed by atoms with Crippen LogP contribution in [0.4, 0.5) is 13.2 Å². The van der Waals surface area contributed by atoms with Gasteiger partial charge in [-0.2, -0.15) is 13.2 Å². The van der Waals surface area contributed by atoms with E-state index in [9.17, 15) is 18.0 Å². The minimum absolute atomic E-state index is 0.565. The number of nitrogens with one attached hydrogen (secondary N) is 1. The molecule has 1 aromatic rings. The van der Waals surface area contributed by atoms with Crippen LogP contribution in [0.1, 0.15) is 5.69 Å². The van der Waals surface area contributed by atoms with E-state index in [2.05, 4.69) is 0 Å². The Hall–Kier alpha value is -0.390. The molecule has 0 radical (unpaired) electrons. The van der Waals surface area contributed by atoms with Crippen molar-refractivity contribution >= 4 is 34.8 Å². The van der Waals surface area contributed by atoms with Gasteiger partial charge in [0.25, 0.3) is 0 Å². The highest BCUT2D eigenvalue weighted by Crippen LogP contribution is 2.33. The Morgan fingerprint density at radius 3 is 2.00 bits per heavy atom. The zero-order valence-corrected chi connectivity index (χ0v) is 8.44. The minimum Gasteiger partial charge on any atom is -0.339 e. The lowest BCUT2D eigenvalue weighted by Crippen LogP contribution is -2.16. The molecule has 1 aromatic heterocycles. The van der Waals surface area contributed by atoms with Crippen molar-refractivity contribution in [3.8, 4) is 0 Å². The summed E-state index contributed by atoms with van der Waals surface area (Å²) in [6, 6.07) is 0. The van der Waals surface area contributed by atoms with Crippen molar-refractivity contribution in [1.29, 1.82) is 0 Å². The van der Waals surface area contributed by atoms with E-state index >= 15 is 0 Å². The quantitative estimate of drug-likeness (QED) is 0.718. The second kappa shape index (κ2) is 3.64. The molecule has 14 heavy (non-hydrogen) atoms. The first-order valence-corrected chi connectivity index (χ1v) is 4.22. The van der Waals surface area contributed by atoms with Gasteiger partial charge in [-0.25, -0.2) is 0 Å². The van der Waals surface area contributed by atoms with Gasteiger partial charge >= 0.3 is 6.18 Å².